The van der Waals surface area contributed by atoms with Crippen molar-refractivity contribution in [2.24, 2.45) is 17.3 Å². The summed E-state index contributed by atoms with van der Waals surface area (Å²) >= 11 is 0. The molecule has 5 rings (SSSR count). The van der Waals surface area contributed by atoms with Crippen LogP contribution in [-0.2, 0) is 28.7 Å². The van der Waals surface area contributed by atoms with E-state index >= 15 is 4.79 Å². The number of amides is 3. The number of benzene rings is 1. The summed E-state index contributed by atoms with van der Waals surface area (Å²) in [6.45, 7) is 12.8. The van der Waals surface area contributed by atoms with Gasteiger partial charge in [0.05, 0.1) is 18.1 Å². The van der Waals surface area contributed by atoms with Crippen molar-refractivity contribution in [3.05, 3.63) is 60.2 Å². The predicted molar refractivity (Wildman–Crippen MR) is 177 cm³/mol. The number of unbranched alkanes of at least 4 members (excludes halogenated alkanes) is 1. The molecule has 1 aromatic carbocycles. The maximum Gasteiger partial charge on any atom is 0.313 e. The molecule has 2 saturated heterocycles. The number of carbonyl (C=O) groups excluding carboxylic acids is 4. The van der Waals surface area contributed by atoms with Crippen LogP contribution in [-0.4, -0.2) is 87.6 Å². The summed E-state index contributed by atoms with van der Waals surface area (Å²) in [6, 6.07) is 7.70. The Bertz CT molecular complexity index is 1400. The second kappa shape index (κ2) is 13.5. The number of carbonyl (C=O) groups is 4. The van der Waals surface area contributed by atoms with E-state index in [2.05, 4.69) is 26.1 Å². The van der Waals surface area contributed by atoms with Crippen molar-refractivity contribution in [2.75, 3.05) is 19.7 Å². The zero-order valence-electron chi connectivity index (χ0n) is 28.6. The monoisotopic (exact) mass is 649 g/mol. The second-order valence-electron chi connectivity index (χ2n) is 15.3. The molecule has 4 aliphatic rings. The number of cyclic esters (lactones) is 1. The number of ether oxygens (including phenoxy) is 2. The van der Waals surface area contributed by atoms with E-state index in [0.29, 0.717) is 31.2 Å². The maximum absolute atomic E-state index is 15.0. The van der Waals surface area contributed by atoms with Crippen LogP contribution in [0.15, 0.2) is 54.6 Å². The molecule has 0 radical (unpaired) electrons. The Labute approximate surface area is 278 Å². The fraction of sp³-hybridized carbons (Fsp3) is 0.622. The summed E-state index contributed by atoms with van der Waals surface area (Å²) in [6.07, 6.45) is 8.25. The minimum absolute atomic E-state index is 0.0340. The Morgan fingerprint density at radius 3 is 2.40 bits per heavy atom. The van der Waals surface area contributed by atoms with Crippen molar-refractivity contribution in [1.29, 1.82) is 0 Å². The normalized spacial score (nSPS) is 32.4. The number of allylic oxidation sites excluding steroid dienone is 1. The first-order chi connectivity index (χ1) is 22.2. The number of hydrogen-bond donors (Lipinski definition) is 2. The van der Waals surface area contributed by atoms with Crippen LogP contribution >= 0.6 is 0 Å². The van der Waals surface area contributed by atoms with Gasteiger partial charge in [-0.2, -0.15) is 0 Å². The van der Waals surface area contributed by atoms with Crippen LogP contribution in [0.5, 0.6) is 0 Å². The summed E-state index contributed by atoms with van der Waals surface area (Å²) in [4.78, 5) is 60.1. The van der Waals surface area contributed by atoms with Gasteiger partial charge in [-0.05, 0) is 57.4 Å². The third-order valence-corrected chi connectivity index (χ3v) is 9.85. The second-order valence-corrected chi connectivity index (χ2v) is 15.3. The average molecular weight is 650 g/mol. The molecule has 3 amide bonds. The Kier molecular flexibility index (Phi) is 10.0. The fourth-order valence-corrected chi connectivity index (χ4v) is 8.25. The van der Waals surface area contributed by atoms with Crippen molar-refractivity contribution in [2.45, 2.75) is 109 Å². The van der Waals surface area contributed by atoms with E-state index in [-0.39, 0.29) is 49.3 Å². The number of hydrogen-bond acceptors (Lipinski definition) is 7. The van der Waals surface area contributed by atoms with E-state index in [1.54, 1.807) is 17.9 Å². The number of likely N-dealkylation sites (tertiary alicyclic amines) is 1. The molecule has 0 aromatic heterocycles. The number of rotatable bonds is 7. The molecule has 0 aliphatic carbocycles. The summed E-state index contributed by atoms with van der Waals surface area (Å²) in [5, 5.41) is 12.5. The van der Waals surface area contributed by atoms with Gasteiger partial charge >= 0.3 is 5.97 Å². The number of fused-ring (bicyclic) bond motifs is 2. The zero-order valence-corrected chi connectivity index (χ0v) is 28.6. The summed E-state index contributed by atoms with van der Waals surface area (Å²) in [5.41, 5.74) is -1.33. The molecule has 10 nitrogen and oxygen atoms in total. The number of aliphatic hydroxyl groups is 1. The molecule has 1 aromatic rings. The van der Waals surface area contributed by atoms with Crippen LogP contribution in [0, 0.1) is 17.3 Å². The molecule has 0 unspecified atom stereocenters. The van der Waals surface area contributed by atoms with Gasteiger partial charge in [-0.25, -0.2) is 0 Å². The van der Waals surface area contributed by atoms with Crippen molar-refractivity contribution in [1.82, 2.24) is 15.1 Å². The van der Waals surface area contributed by atoms with Crippen LogP contribution in [0.25, 0.3) is 0 Å². The highest BCUT2D eigenvalue weighted by atomic mass is 16.6. The van der Waals surface area contributed by atoms with E-state index in [0.717, 1.165) is 0 Å². The van der Waals surface area contributed by atoms with Crippen LogP contribution in [0.3, 0.4) is 0 Å². The zero-order chi connectivity index (χ0) is 34.1. The van der Waals surface area contributed by atoms with E-state index < -0.39 is 53.2 Å². The number of nitrogens with zero attached hydrogens (tertiary/aromatic N) is 2. The van der Waals surface area contributed by atoms with Gasteiger partial charge in [-0.1, -0.05) is 75.4 Å². The fourth-order valence-electron chi connectivity index (χ4n) is 8.25. The van der Waals surface area contributed by atoms with Gasteiger partial charge in [0.1, 0.15) is 23.7 Å². The highest BCUT2D eigenvalue weighted by Gasteiger charge is 2.73. The SMILES string of the molecule is C[C@@H]1NC(=O)CC/C=C\CN(C(C)(C)CC(C)(C)C)C(=O)[C@H]2N(CCCCO)C(=O)[C@@H]3[C@@H](C(=O)O[C@H]1c1ccccc1)[C@H]1C=C[C@]32O1. The minimum atomic E-state index is -1.34. The van der Waals surface area contributed by atoms with E-state index in [1.165, 1.54) is 0 Å². The van der Waals surface area contributed by atoms with Crippen LogP contribution in [0.2, 0.25) is 0 Å². The van der Waals surface area contributed by atoms with Gasteiger partial charge in [0.2, 0.25) is 17.7 Å². The molecule has 10 heteroatoms. The van der Waals surface area contributed by atoms with Gasteiger partial charge in [-0.15, -0.1) is 0 Å². The highest BCUT2D eigenvalue weighted by Crippen LogP contribution is 2.56. The molecular formula is C37H51N3O7. The lowest BCUT2D eigenvalue weighted by molar-refractivity contribution is -0.161. The third kappa shape index (κ3) is 6.90. The van der Waals surface area contributed by atoms with Crippen molar-refractivity contribution in [3.63, 3.8) is 0 Å². The lowest BCUT2D eigenvalue weighted by Crippen LogP contribution is -2.60. The van der Waals surface area contributed by atoms with Crippen LogP contribution in [0.1, 0.15) is 85.3 Å². The molecule has 5 bridgehead atoms. The topological polar surface area (TPSA) is 125 Å². The molecule has 2 fully saturated rings. The smallest absolute Gasteiger partial charge is 0.313 e. The largest absolute Gasteiger partial charge is 0.455 e. The number of esters is 1. The summed E-state index contributed by atoms with van der Waals surface area (Å²) < 4.78 is 12.8. The van der Waals surface area contributed by atoms with E-state index in [4.69, 9.17) is 9.47 Å². The molecule has 47 heavy (non-hydrogen) atoms. The van der Waals surface area contributed by atoms with Crippen molar-refractivity contribution >= 4 is 23.7 Å². The van der Waals surface area contributed by atoms with Gasteiger partial charge in [0.25, 0.3) is 0 Å². The molecule has 4 heterocycles. The third-order valence-electron chi connectivity index (χ3n) is 9.85. The Hall–Kier alpha value is -3.50. The van der Waals surface area contributed by atoms with E-state index in [1.807, 2.05) is 67.3 Å². The maximum atomic E-state index is 15.0. The quantitative estimate of drug-likeness (QED) is 0.259. The lowest BCUT2D eigenvalue weighted by atomic mass is 9.74. The van der Waals surface area contributed by atoms with Crippen molar-refractivity contribution < 1.29 is 33.8 Å². The summed E-state index contributed by atoms with van der Waals surface area (Å²) in [5.74, 6) is -3.27. The first-order valence-electron chi connectivity index (χ1n) is 17.0. The molecule has 4 aliphatic heterocycles. The Balaban J connectivity index is 1.60. The first-order valence-corrected chi connectivity index (χ1v) is 17.0. The molecule has 0 saturated carbocycles. The molecule has 2 N–H and O–H groups in total. The first kappa shape index (κ1) is 34.8. The molecule has 1 spiro atoms. The van der Waals surface area contributed by atoms with Crippen molar-refractivity contribution in [3.8, 4) is 0 Å². The molecule has 256 valence electrons. The number of aliphatic hydroxyl groups excluding tert-OH is 1. The highest BCUT2D eigenvalue weighted by molar-refractivity contribution is 5.99. The Morgan fingerprint density at radius 1 is 1.00 bits per heavy atom. The predicted octanol–water partition coefficient (Wildman–Crippen LogP) is 4.09. The van der Waals surface area contributed by atoms with Gasteiger partial charge < -0.3 is 29.7 Å². The van der Waals surface area contributed by atoms with E-state index in [9.17, 15) is 19.5 Å². The van der Waals surface area contributed by atoms with Gasteiger partial charge in [0, 0.05) is 31.7 Å². The lowest BCUT2D eigenvalue weighted by Gasteiger charge is -2.45. The van der Waals surface area contributed by atoms with Gasteiger partial charge in [0.15, 0.2) is 0 Å². The Morgan fingerprint density at radius 2 is 1.72 bits per heavy atom. The van der Waals surface area contributed by atoms with Crippen LogP contribution < -0.4 is 5.32 Å². The molecular weight excluding hydrogens is 598 g/mol. The standard InChI is InChI=1S/C37H51N3O7/c1-24-30(25-15-9-7-10-16-25)46-34(45)28-26-18-19-37(47-26)29(28)32(43)39(20-13-14-22-41)31(37)33(44)40(36(5,6)23-35(2,3)4)21-12-8-11-17-27(42)38-24/h7-10,12,15-16,18-19,24,26,28-31,41H,11,13-14,17,20-23H2,1-6H3,(H,38,42)/b12-8-/t24-,26+,28-,29-,30+,31+,37-/m0/s1. The minimum Gasteiger partial charge on any atom is -0.455 e. The van der Waals surface area contributed by atoms with Crippen LogP contribution in [0.4, 0.5) is 0 Å². The summed E-state index contributed by atoms with van der Waals surface area (Å²) in [7, 11) is 0. The number of nitrogens with one attached hydrogen (secondary N) is 1. The molecule has 7 atom stereocenters. The average Bonchev–Trinajstić information content (AvgIpc) is 3.63. The van der Waals surface area contributed by atoms with Gasteiger partial charge in [-0.3, -0.25) is 19.2 Å².